The van der Waals surface area contributed by atoms with Gasteiger partial charge in [-0.15, -0.1) is 0 Å². The predicted molar refractivity (Wildman–Crippen MR) is 94.4 cm³/mol. The molecule has 1 aliphatic heterocycles. The molecule has 1 saturated carbocycles. The third-order valence-electron chi connectivity index (χ3n) is 5.20. The molecule has 0 spiro atoms. The van der Waals surface area contributed by atoms with Crippen molar-refractivity contribution in [1.29, 1.82) is 0 Å². The van der Waals surface area contributed by atoms with E-state index in [9.17, 15) is 4.79 Å². The van der Waals surface area contributed by atoms with Crippen LogP contribution in [0.1, 0.15) is 35.9 Å². The Labute approximate surface area is 147 Å². The van der Waals surface area contributed by atoms with E-state index in [-0.39, 0.29) is 17.9 Å². The zero-order valence-corrected chi connectivity index (χ0v) is 14.4. The summed E-state index contributed by atoms with van der Waals surface area (Å²) in [6.07, 6.45) is 1.95. The molecule has 0 unspecified atom stereocenters. The third kappa shape index (κ3) is 2.67. The molecule has 124 valence electrons. The molecule has 4 heteroatoms. The molecule has 0 aromatic heterocycles. The van der Waals surface area contributed by atoms with Crippen LogP contribution in [-0.4, -0.2) is 24.5 Å². The molecule has 2 fully saturated rings. The number of likely N-dealkylation sites (tertiary alicyclic amines) is 1. The third-order valence-corrected chi connectivity index (χ3v) is 5.46. The molecule has 0 N–H and O–H groups in total. The second kappa shape index (κ2) is 6.14. The number of amides is 1. The van der Waals surface area contributed by atoms with E-state index < -0.39 is 0 Å². The number of benzene rings is 2. The van der Waals surface area contributed by atoms with Gasteiger partial charge in [-0.2, -0.15) is 0 Å². The number of para-hydroxylation sites is 1. The summed E-state index contributed by atoms with van der Waals surface area (Å²) in [6.45, 7) is 0.848. The molecule has 1 heterocycles. The minimum absolute atomic E-state index is 0.0939. The fourth-order valence-corrected chi connectivity index (χ4v) is 3.81. The highest BCUT2D eigenvalue weighted by Crippen LogP contribution is 2.52. The minimum Gasteiger partial charge on any atom is -0.496 e. The van der Waals surface area contributed by atoms with Crippen LogP contribution in [0.3, 0.4) is 0 Å². The van der Waals surface area contributed by atoms with Gasteiger partial charge in [0, 0.05) is 17.5 Å². The van der Waals surface area contributed by atoms with Crippen LogP contribution in [0, 0.1) is 5.92 Å². The highest BCUT2D eigenvalue weighted by molar-refractivity contribution is 6.30. The van der Waals surface area contributed by atoms with Crippen molar-refractivity contribution >= 4 is 17.5 Å². The zero-order chi connectivity index (χ0) is 16.7. The van der Waals surface area contributed by atoms with E-state index in [1.807, 2.05) is 47.4 Å². The lowest BCUT2D eigenvalue weighted by Crippen LogP contribution is -2.46. The van der Waals surface area contributed by atoms with E-state index in [1.165, 1.54) is 5.56 Å². The molecule has 0 bridgehead atoms. The van der Waals surface area contributed by atoms with Crippen molar-refractivity contribution in [1.82, 2.24) is 4.90 Å². The lowest BCUT2D eigenvalue weighted by Gasteiger charge is -2.41. The van der Waals surface area contributed by atoms with Crippen LogP contribution in [0.25, 0.3) is 0 Å². The van der Waals surface area contributed by atoms with E-state index in [0.717, 1.165) is 35.7 Å². The van der Waals surface area contributed by atoms with E-state index in [4.69, 9.17) is 16.3 Å². The summed E-state index contributed by atoms with van der Waals surface area (Å²) in [4.78, 5) is 14.9. The molecule has 1 amide bonds. The lowest BCUT2D eigenvalue weighted by molar-refractivity contribution is -0.140. The summed E-state index contributed by atoms with van der Waals surface area (Å²) < 4.78 is 5.44. The highest BCUT2D eigenvalue weighted by Gasteiger charge is 2.49. The molecule has 24 heavy (non-hydrogen) atoms. The number of nitrogens with zero attached hydrogens (tertiary/aromatic N) is 1. The Balaban J connectivity index is 1.46. The summed E-state index contributed by atoms with van der Waals surface area (Å²) in [7, 11) is 1.68. The molecule has 2 aliphatic rings. The normalized spacial score (nSPS) is 25.1. The first-order valence-electron chi connectivity index (χ1n) is 8.38. The van der Waals surface area contributed by atoms with Gasteiger partial charge in [0.25, 0.3) is 0 Å². The Kier molecular flexibility index (Phi) is 3.97. The number of methoxy groups -OCH3 is 1. The maximum absolute atomic E-state index is 12.9. The Bertz CT molecular complexity index is 758. The maximum Gasteiger partial charge on any atom is 0.226 e. The largest absolute Gasteiger partial charge is 0.496 e. The average Bonchev–Trinajstić information content (AvgIpc) is 3.36. The number of carbonyl (C=O) groups excluding carboxylic acids is 1. The molecule has 1 saturated heterocycles. The van der Waals surface area contributed by atoms with Crippen molar-refractivity contribution in [2.75, 3.05) is 13.7 Å². The van der Waals surface area contributed by atoms with Crippen LogP contribution in [0.15, 0.2) is 48.5 Å². The topological polar surface area (TPSA) is 29.5 Å². The van der Waals surface area contributed by atoms with Gasteiger partial charge in [0.15, 0.2) is 0 Å². The summed E-state index contributed by atoms with van der Waals surface area (Å²) in [5, 5.41) is 0.731. The fraction of sp³-hybridized carbons (Fsp3) is 0.350. The Hall–Kier alpha value is -2.00. The summed E-state index contributed by atoms with van der Waals surface area (Å²) in [5.74, 6) is 1.55. The van der Waals surface area contributed by atoms with Crippen LogP contribution in [0.4, 0.5) is 0 Å². The summed E-state index contributed by atoms with van der Waals surface area (Å²) in [6, 6.07) is 16.1. The van der Waals surface area contributed by atoms with Crippen LogP contribution >= 0.6 is 11.6 Å². The second-order valence-corrected chi connectivity index (χ2v) is 7.01. The number of carbonyl (C=O) groups is 1. The number of hydrogen-bond donors (Lipinski definition) is 0. The van der Waals surface area contributed by atoms with E-state index in [2.05, 4.69) is 6.07 Å². The van der Waals surface area contributed by atoms with Gasteiger partial charge in [0.1, 0.15) is 5.75 Å². The average molecular weight is 342 g/mol. The zero-order valence-electron chi connectivity index (χ0n) is 13.6. The quantitative estimate of drug-likeness (QED) is 0.823. The highest BCUT2D eigenvalue weighted by atomic mass is 35.5. The van der Waals surface area contributed by atoms with Crippen molar-refractivity contribution in [3.8, 4) is 5.75 Å². The van der Waals surface area contributed by atoms with Crippen molar-refractivity contribution < 1.29 is 9.53 Å². The SMILES string of the molecule is COc1ccccc1[C@@H]1C[C@@H]1C(=O)N1CC[C@@H]1c1ccc(Cl)cc1. The van der Waals surface area contributed by atoms with Crippen LogP contribution in [0.5, 0.6) is 5.75 Å². The standard InChI is InChI=1S/C20H20ClNO2/c1-24-19-5-3-2-4-15(19)16-12-17(16)20(23)22-11-10-18(22)13-6-8-14(21)9-7-13/h2-9,16-18H,10-12H2,1H3/t16-,17-,18+/m0/s1. The number of ether oxygens (including phenoxy) is 1. The van der Waals surface area contributed by atoms with Gasteiger partial charge < -0.3 is 9.64 Å². The van der Waals surface area contributed by atoms with Gasteiger partial charge in [0.2, 0.25) is 5.91 Å². The lowest BCUT2D eigenvalue weighted by atomic mass is 9.93. The smallest absolute Gasteiger partial charge is 0.226 e. The van der Waals surface area contributed by atoms with Gasteiger partial charge >= 0.3 is 0 Å². The molecule has 3 atom stereocenters. The Morgan fingerprint density at radius 1 is 1.17 bits per heavy atom. The van der Waals surface area contributed by atoms with Gasteiger partial charge in [-0.3, -0.25) is 4.79 Å². The molecule has 3 nitrogen and oxygen atoms in total. The van der Waals surface area contributed by atoms with Crippen molar-refractivity contribution in [2.24, 2.45) is 5.92 Å². The number of rotatable bonds is 4. The van der Waals surface area contributed by atoms with Crippen LogP contribution < -0.4 is 4.74 Å². The number of hydrogen-bond acceptors (Lipinski definition) is 2. The molecule has 2 aromatic carbocycles. The van der Waals surface area contributed by atoms with Gasteiger partial charge in [-0.25, -0.2) is 0 Å². The molecule has 0 radical (unpaired) electrons. The van der Waals surface area contributed by atoms with E-state index >= 15 is 0 Å². The molecular formula is C20H20ClNO2. The molecular weight excluding hydrogens is 322 g/mol. The minimum atomic E-state index is 0.0939. The Morgan fingerprint density at radius 2 is 1.92 bits per heavy atom. The maximum atomic E-state index is 12.9. The molecule has 1 aliphatic carbocycles. The van der Waals surface area contributed by atoms with Crippen LogP contribution in [-0.2, 0) is 4.79 Å². The second-order valence-electron chi connectivity index (χ2n) is 6.58. The van der Waals surface area contributed by atoms with E-state index in [0.29, 0.717) is 5.92 Å². The van der Waals surface area contributed by atoms with Gasteiger partial charge in [-0.05, 0) is 48.1 Å². The summed E-state index contributed by atoms with van der Waals surface area (Å²) >= 11 is 5.96. The van der Waals surface area contributed by atoms with Crippen LogP contribution in [0.2, 0.25) is 5.02 Å². The first-order chi connectivity index (χ1) is 11.7. The van der Waals surface area contributed by atoms with E-state index in [1.54, 1.807) is 7.11 Å². The predicted octanol–water partition coefficient (Wildman–Crippen LogP) is 4.43. The first-order valence-corrected chi connectivity index (χ1v) is 8.75. The summed E-state index contributed by atoms with van der Waals surface area (Å²) in [5.41, 5.74) is 2.33. The first kappa shape index (κ1) is 15.5. The number of halogens is 1. The molecule has 2 aromatic rings. The van der Waals surface area contributed by atoms with Gasteiger partial charge in [-0.1, -0.05) is 41.9 Å². The van der Waals surface area contributed by atoms with Crippen molar-refractivity contribution in [3.63, 3.8) is 0 Å². The monoisotopic (exact) mass is 341 g/mol. The van der Waals surface area contributed by atoms with Crippen molar-refractivity contribution in [2.45, 2.75) is 24.8 Å². The molecule has 4 rings (SSSR count). The fourth-order valence-electron chi connectivity index (χ4n) is 3.68. The van der Waals surface area contributed by atoms with Crippen molar-refractivity contribution in [3.05, 3.63) is 64.7 Å². The van der Waals surface area contributed by atoms with Gasteiger partial charge in [0.05, 0.1) is 13.2 Å². The Morgan fingerprint density at radius 3 is 2.58 bits per heavy atom.